The predicted molar refractivity (Wildman–Crippen MR) is 70.4 cm³/mol. The number of hydrogen-bond acceptors (Lipinski definition) is 4. The number of pyridine rings is 1. The van der Waals surface area contributed by atoms with Gasteiger partial charge in [0.1, 0.15) is 5.82 Å². The standard InChI is InChI=1S/C14H11N3O2/c1-9-6-10(8-15)7-13(16-9)17-12-4-2-11(3-5-12)14(18)19/h2-7H,1H3,(H,16,17)(H,18,19). The Labute approximate surface area is 110 Å². The van der Waals surface area contributed by atoms with Gasteiger partial charge in [-0.2, -0.15) is 5.26 Å². The molecule has 2 N–H and O–H groups in total. The molecule has 0 bridgehead atoms. The van der Waals surface area contributed by atoms with Crippen molar-refractivity contribution < 1.29 is 9.90 Å². The lowest BCUT2D eigenvalue weighted by Gasteiger charge is -2.07. The van der Waals surface area contributed by atoms with Gasteiger partial charge in [0.05, 0.1) is 17.2 Å². The highest BCUT2D eigenvalue weighted by Gasteiger charge is 2.03. The number of carboxylic acids is 1. The summed E-state index contributed by atoms with van der Waals surface area (Å²) < 4.78 is 0. The van der Waals surface area contributed by atoms with Crippen LogP contribution in [0, 0.1) is 18.3 Å². The van der Waals surface area contributed by atoms with E-state index in [2.05, 4.69) is 16.4 Å². The van der Waals surface area contributed by atoms with Crippen LogP contribution in [0.3, 0.4) is 0 Å². The van der Waals surface area contributed by atoms with Crippen molar-refractivity contribution in [1.29, 1.82) is 5.26 Å². The molecule has 0 aliphatic heterocycles. The molecular weight excluding hydrogens is 242 g/mol. The Balaban J connectivity index is 2.24. The van der Waals surface area contributed by atoms with Crippen LogP contribution in [-0.4, -0.2) is 16.1 Å². The van der Waals surface area contributed by atoms with E-state index < -0.39 is 5.97 Å². The van der Waals surface area contributed by atoms with E-state index in [9.17, 15) is 4.79 Å². The molecule has 0 saturated heterocycles. The van der Waals surface area contributed by atoms with Crippen LogP contribution in [-0.2, 0) is 0 Å². The summed E-state index contributed by atoms with van der Waals surface area (Å²) in [5.74, 6) is -0.411. The van der Waals surface area contributed by atoms with Crippen molar-refractivity contribution in [3.63, 3.8) is 0 Å². The first-order chi connectivity index (χ1) is 9.08. The van der Waals surface area contributed by atoms with Crippen LogP contribution >= 0.6 is 0 Å². The lowest BCUT2D eigenvalue weighted by atomic mass is 10.2. The minimum absolute atomic E-state index is 0.223. The SMILES string of the molecule is Cc1cc(C#N)cc(Nc2ccc(C(=O)O)cc2)n1. The molecule has 1 heterocycles. The van der Waals surface area contributed by atoms with Gasteiger partial charge >= 0.3 is 5.97 Å². The smallest absolute Gasteiger partial charge is 0.335 e. The summed E-state index contributed by atoms with van der Waals surface area (Å²) in [6, 6.07) is 11.7. The molecule has 94 valence electrons. The van der Waals surface area contributed by atoms with E-state index in [0.29, 0.717) is 17.1 Å². The van der Waals surface area contributed by atoms with Gasteiger partial charge in [-0.05, 0) is 43.3 Å². The molecule has 0 radical (unpaired) electrons. The van der Waals surface area contributed by atoms with Crippen LogP contribution in [0.4, 0.5) is 11.5 Å². The zero-order valence-electron chi connectivity index (χ0n) is 10.2. The summed E-state index contributed by atoms with van der Waals surface area (Å²) in [6.45, 7) is 1.81. The molecule has 0 saturated carbocycles. The van der Waals surface area contributed by atoms with Crippen molar-refractivity contribution in [2.45, 2.75) is 6.92 Å². The lowest BCUT2D eigenvalue weighted by Crippen LogP contribution is -1.98. The van der Waals surface area contributed by atoms with Crippen LogP contribution < -0.4 is 5.32 Å². The van der Waals surface area contributed by atoms with Crippen LogP contribution in [0.2, 0.25) is 0 Å². The predicted octanol–water partition coefficient (Wildman–Crippen LogP) is 2.70. The van der Waals surface area contributed by atoms with E-state index in [4.69, 9.17) is 10.4 Å². The number of aromatic nitrogens is 1. The van der Waals surface area contributed by atoms with E-state index >= 15 is 0 Å². The quantitative estimate of drug-likeness (QED) is 0.878. The van der Waals surface area contributed by atoms with Crippen LogP contribution in [0.15, 0.2) is 36.4 Å². The fraction of sp³-hybridized carbons (Fsp3) is 0.0714. The zero-order valence-corrected chi connectivity index (χ0v) is 10.2. The summed E-state index contributed by atoms with van der Waals surface area (Å²) in [6.07, 6.45) is 0. The van der Waals surface area contributed by atoms with Gasteiger partial charge in [-0.25, -0.2) is 9.78 Å². The Bertz CT molecular complexity index is 657. The van der Waals surface area contributed by atoms with Crippen molar-refractivity contribution in [3.8, 4) is 6.07 Å². The van der Waals surface area contributed by atoms with Crippen molar-refractivity contribution in [3.05, 3.63) is 53.2 Å². The van der Waals surface area contributed by atoms with Gasteiger partial charge in [-0.1, -0.05) is 0 Å². The molecule has 0 atom stereocenters. The summed E-state index contributed by atoms with van der Waals surface area (Å²) in [5.41, 5.74) is 2.20. The highest BCUT2D eigenvalue weighted by atomic mass is 16.4. The van der Waals surface area contributed by atoms with Crippen molar-refractivity contribution >= 4 is 17.5 Å². The molecule has 2 rings (SSSR count). The Morgan fingerprint density at radius 3 is 2.58 bits per heavy atom. The van der Waals surface area contributed by atoms with Crippen LogP contribution in [0.25, 0.3) is 0 Å². The number of anilines is 2. The Morgan fingerprint density at radius 1 is 1.32 bits per heavy atom. The second-order valence-corrected chi connectivity index (χ2v) is 4.00. The Hall–Kier alpha value is -2.87. The third-order valence-corrected chi connectivity index (χ3v) is 2.49. The average Bonchev–Trinajstić information content (AvgIpc) is 2.38. The highest BCUT2D eigenvalue weighted by molar-refractivity contribution is 5.88. The molecule has 1 aromatic carbocycles. The molecule has 0 aliphatic carbocycles. The van der Waals surface area contributed by atoms with Crippen molar-refractivity contribution in [1.82, 2.24) is 4.98 Å². The maximum absolute atomic E-state index is 10.7. The second kappa shape index (κ2) is 5.19. The van der Waals surface area contributed by atoms with Crippen molar-refractivity contribution in [2.75, 3.05) is 5.32 Å². The summed E-state index contributed by atoms with van der Waals surface area (Å²) >= 11 is 0. The van der Waals surface area contributed by atoms with Crippen molar-refractivity contribution in [2.24, 2.45) is 0 Å². The van der Waals surface area contributed by atoms with E-state index in [1.807, 2.05) is 0 Å². The topological polar surface area (TPSA) is 86.0 Å². The monoisotopic (exact) mass is 253 g/mol. The first-order valence-corrected chi connectivity index (χ1v) is 5.57. The molecule has 0 spiro atoms. The third kappa shape index (κ3) is 3.07. The minimum Gasteiger partial charge on any atom is -0.478 e. The number of carbonyl (C=O) groups is 1. The summed E-state index contributed by atoms with van der Waals surface area (Å²) in [7, 11) is 0. The van der Waals surface area contributed by atoms with Gasteiger partial charge < -0.3 is 10.4 Å². The summed E-state index contributed by atoms with van der Waals surface area (Å²) in [4.78, 5) is 15.0. The molecule has 0 aliphatic rings. The molecule has 0 fully saturated rings. The molecule has 1 aromatic heterocycles. The van der Waals surface area contributed by atoms with Gasteiger partial charge in [0.15, 0.2) is 0 Å². The molecule has 5 nitrogen and oxygen atoms in total. The number of aryl methyl sites for hydroxylation is 1. The maximum Gasteiger partial charge on any atom is 0.335 e. The minimum atomic E-state index is -0.966. The number of nitrogens with zero attached hydrogens (tertiary/aromatic N) is 2. The fourth-order valence-electron chi connectivity index (χ4n) is 1.64. The van der Waals surface area contributed by atoms with Gasteiger partial charge in [0.25, 0.3) is 0 Å². The van der Waals surface area contributed by atoms with E-state index in [-0.39, 0.29) is 5.56 Å². The molecular formula is C14H11N3O2. The molecule has 5 heteroatoms. The van der Waals surface area contributed by atoms with Crippen LogP contribution in [0.1, 0.15) is 21.6 Å². The van der Waals surface area contributed by atoms with Gasteiger partial charge in [-0.15, -0.1) is 0 Å². The van der Waals surface area contributed by atoms with E-state index in [0.717, 1.165) is 5.69 Å². The van der Waals surface area contributed by atoms with Gasteiger partial charge in [-0.3, -0.25) is 0 Å². The van der Waals surface area contributed by atoms with E-state index in [1.54, 1.807) is 31.2 Å². The lowest BCUT2D eigenvalue weighted by molar-refractivity contribution is 0.0697. The molecule has 2 aromatic rings. The first-order valence-electron chi connectivity index (χ1n) is 5.57. The fourth-order valence-corrected chi connectivity index (χ4v) is 1.64. The molecule has 19 heavy (non-hydrogen) atoms. The van der Waals surface area contributed by atoms with E-state index in [1.165, 1.54) is 12.1 Å². The Morgan fingerprint density at radius 2 is 2.00 bits per heavy atom. The van der Waals surface area contributed by atoms with Crippen LogP contribution in [0.5, 0.6) is 0 Å². The Kier molecular flexibility index (Phi) is 3.44. The van der Waals surface area contributed by atoms with Gasteiger partial charge in [0, 0.05) is 11.4 Å². The number of benzene rings is 1. The number of hydrogen-bond donors (Lipinski definition) is 2. The number of carboxylic acid groups (broad SMARTS) is 1. The number of nitriles is 1. The number of aromatic carboxylic acids is 1. The third-order valence-electron chi connectivity index (χ3n) is 2.49. The highest BCUT2D eigenvalue weighted by Crippen LogP contribution is 2.17. The zero-order chi connectivity index (χ0) is 13.8. The van der Waals surface area contributed by atoms with Gasteiger partial charge in [0.2, 0.25) is 0 Å². The second-order valence-electron chi connectivity index (χ2n) is 4.00. The largest absolute Gasteiger partial charge is 0.478 e. The average molecular weight is 253 g/mol. The normalized spacial score (nSPS) is 9.68. The molecule has 0 unspecified atom stereocenters. The first kappa shape index (κ1) is 12.6. The maximum atomic E-state index is 10.7. The number of nitrogens with one attached hydrogen (secondary N) is 1. The summed E-state index contributed by atoms with van der Waals surface area (Å²) in [5, 5.41) is 20.7. The number of rotatable bonds is 3. The molecule has 0 amide bonds.